The van der Waals surface area contributed by atoms with Crippen molar-refractivity contribution in [1.82, 2.24) is 19.7 Å². The zero-order valence-electron chi connectivity index (χ0n) is 18.7. The Morgan fingerprint density at radius 3 is 2.50 bits per heavy atom. The third kappa shape index (κ3) is 4.08. The first-order valence-corrected chi connectivity index (χ1v) is 11.0. The number of nitrogens with zero attached hydrogens (tertiary/aromatic N) is 3. The van der Waals surface area contributed by atoms with Crippen LogP contribution in [0.4, 0.5) is 4.39 Å². The molecule has 3 aromatic carbocycles. The maximum atomic E-state index is 14.4. The summed E-state index contributed by atoms with van der Waals surface area (Å²) in [4.78, 5) is 26.0. The van der Waals surface area contributed by atoms with Crippen molar-refractivity contribution in [3.63, 3.8) is 0 Å². The normalized spacial score (nSPS) is 11.2. The first kappa shape index (κ1) is 21.6. The molecule has 0 aliphatic heterocycles. The number of halogens is 1. The summed E-state index contributed by atoms with van der Waals surface area (Å²) in [5, 5.41) is 8.62. The summed E-state index contributed by atoms with van der Waals surface area (Å²) >= 11 is 0. The van der Waals surface area contributed by atoms with E-state index < -0.39 is 5.56 Å². The number of amides is 1. The van der Waals surface area contributed by atoms with E-state index >= 15 is 0 Å². The molecule has 2 aromatic heterocycles. The zero-order valence-corrected chi connectivity index (χ0v) is 18.7. The summed E-state index contributed by atoms with van der Waals surface area (Å²) in [6.07, 6.45) is 1.60. The molecule has 34 heavy (non-hydrogen) atoms. The van der Waals surface area contributed by atoms with Crippen LogP contribution < -0.4 is 10.9 Å². The largest absolute Gasteiger partial charge is 0.350 e. The van der Waals surface area contributed by atoms with E-state index in [9.17, 15) is 14.0 Å². The van der Waals surface area contributed by atoms with Crippen molar-refractivity contribution >= 4 is 27.7 Å². The first-order chi connectivity index (χ1) is 16.5. The van der Waals surface area contributed by atoms with Crippen LogP contribution in [0.5, 0.6) is 0 Å². The lowest BCUT2D eigenvalue weighted by Crippen LogP contribution is -2.33. The van der Waals surface area contributed by atoms with E-state index in [0.29, 0.717) is 23.0 Å². The van der Waals surface area contributed by atoms with Crippen molar-refractivity contribution in [2.24, 2.45) is 0 Å². The summed E-state index contributed by atoms with van der Waals surface area (Å²) in [5.74, 6) is -0.649. The molecule has 0 fully saturated rings. The Morgan fingerprint density at radius 1 is 0.971 bits per heavy atom. The number of carbonyl (C=O) groups excluding carboxylic acids is 1. The number of hydrogen-bond acceptors (Lipinski definition) is 3. The number of nitrogens with one attached hydrogen (secondary N) is 1. The molecule has 0 aliphatic carbocycles. The molecule has 0 spiro atoms. The van der Waals surface area contributed by atoms with Gasteiger partial charge in [-0.15, -0.1) is 0 Å². The second-order valence-corrected chi connectivity index (χ2v) is 8.33. The second kappa shape index (κ2) is 8.94. The Labute approximate surface area is 195 Å². The number of benzene rings is 3. The predicted octanol–water partition coefficient (Wildman–Crippen LogP) is 4.16. The van der Waals surface area contributed by atoms with E-state index in [-0.39, 0.29) is 24.8 Å². The number of hydrogen-bond donors (Lipinski definition) is 1. The van der Waals surface area contributed by atoms with Gasteiger partial charge in [-0.25, -0.2) is 9.07 Å². The molecule has 0 atom stereocenters. The van der Waals surface area contributed by atoms with Gasteiger partial charge in [0.15, 0.2) is 0 Å². The van der Waals surface area contributed by atoms with E-state index in [1.165, 1.54) is 6.07 Å². The molecule has 0 aliphatic rings. The van der Waals surface area contributed by atoms with E-state index in [2.05, 4.69) is 10.4 Å². The molecule has 0 bridgehead atoms. The van der Waals surface area contributed by atoms with Crippen molar-refractivity contribution in [2.75, 3.05) is 0 Å². The van der Waals surface area contributed by atoms with Gasteiger partial charge >= 0.3 is 0 Å². The van der Waals surface area contributed by atoms with Crippen molar-refractivity contribution < 1.29 is 9.18 Å². The van der Waals surface area contributed by atoms with Gasteiger partial charge < -0.3 is 9.88 Å². The Morgan fingerprint density at radius 2 is 1.71 bits per heavy atom. The second-order valence-electron chi connectivity index (χ2n) is 8.33. The number of rotatable bonds is 6. The quantitative estimate of drug-likeness (QED) is 0.419. The van der Waals surface area contributed by atoms with Crippen LogP contribution in [0.1, 0.15) is 16.7 Å². The van der Waals surface area contributed by atoms with Crippen molar-refractivity contribution in [1.29, 1.82) is 0 Å². The van der Waals surface area contributed by atoms with Crippen LogP contribution in [0.2, 0.25) is 0 Å². The molecule has 0 saturated heterocycles. The summed E-state index contributed by atoms with van der Waals surface area (Å²) in [5.41, 5.74) is 3.40. The fourth-order valence-corrected chi connectivity index (χ4v) is 4.17. The lowest BCUT2D eigenvalue weighted by atomic mass is 10.1. The standard InChI is InChI=1S/C27H23FN4O2/c1-18-10-12-19(13-11-18)14-29-25(33)17-32-27(34)26-22(15-30-32)21-7-3-5-9-24(21)31(26)16-20-6-2-4-8-23(20)28/h2-13,15H,14,16-17H2,1H3,(H,29,33). The average molecular weight is 455 g/mol. The molecule has 2 heterocycles. The minimum absolute atomic E-state index is 0.190. The van der Waals surface area contributed by atoms with Crippen molar-refractivity contribution in [3.05, 3.63) is 112 Å². The van der Waals surface area contributed by atoms with Gasteiger partial charge in [0.1, 0.15) is 17.9 Å². The minimum atomic E-state index is -0.393. The maximum Gasteiger partial charge on any atom is 0.291 e. The SMILES string of the molecule is Cc1ccc(CNC(=O)Cn2ncc3c4ccccc4n(Cc4ccccc4F)c3c2=O)cc1. The van der Waals surface area contributed by atoms with Gasteiger partial charge in [-0.1, -0.05) is 66.2 Å². The van der Waals surface area contributed by atoms with Gasteiger partial charge in [0.25, 0.3) is 5.56 Å². The number of aromatic nitrogens is 3. The summed E-state index contributed by atoms with van der Waals surface area (Å²) in [6, 6.07) is 22.0. The Hall–Kier alpha value is -4.26. The highest BCUT2D eigenvalue weighted by Crippen LogP contribution is 2.27. The lowest BCUT2D eigenvalue weighted by molar-refractivity contribution is -0.122. The lowest BCUT2D eigenvalue weighted by Gasteiger charge is -2.10. The molecule has 0 unspecified atom stereocenters. The molecule has 1 N–H and O–H groups in total. The highest BCUT2D eigenvalue weighted by atomic mass is 19.1. The molecule has 7 heteroatoms. The van der Waals surface area contributed by atoms with Crippen LogP contribution in [0.3, 0.4) is 0 Å². The summed E-state index contributed by atoms with van der Waals surface area (Å²) in [7, 11) is 0. The monoisotopic (exact) mass is 454 g/mol. The Bertz CT molecular complexity index is 1570. The van der Waals surface area contributed by atoms with Gasteiger partial charge in [0.2, 0.25) is 5.91 Å². The number of para-hydroxylation sites is 1. The molecule has 5 rings (SSSR count). The minimum Gasteiger partial charge on any atom is -0.350 e. The van der Waals surface area contributed by atoms with Crippen LogP contribution in [0, 0.1) is 12.7 Å². The predicted molar refractivity (Wildman–Crippen MR) is 130 cm³/mol. The molecular formula is C27H23FN4O2. The highest BCUT2D eigenvalue weighted by Gasteiger charge is 2.18. The van der Waals surface area contributed by atoms with Crippen molar-refractivity contribution in [2.45, 2.75) is 26.6 Å². The summed E-state index contributed by atoms with van der Waals surface area (Å²) in [6.45, 7) is 2.35. The number of fused-ring (bicyclic) bond motifs is 3. The van der Waals surface area contributed by atoms with Crippen LogP contribution in [0.25, 0.3) is 21.8 Å². The fourth-order valence-electron chi connectivity index (χ4n) is 4.17. The van der Waals surface area contributed by atoms with E-state index in [0.717, 1.165) is 26.7 Å². The van der Waals surface area contributed by atoms with E-state index in [4.69, 9.17) is 0 Å². The van der Waals surface area contributed by atoms with Crippen molar-refractivity contribution in [3.8, 4) is 0 Å². The average Bonchev–Trinajstić information content (AvgIpc) is 3.16. The van der Waals surface area contributed by atoms with Gasteiger partial charge in [-0.2, -0.15) is 5.10 Å². The molecule has 1 amide bonds. The van der Waals surface area contributed by atoms with E-state index in [1.807, 2.05) is 55.5 Å². The van der Waals surface area contributed by atoms with Gasteiger partial charge in [0.05, 0.1) is 12.7 Å². The topological polar surface area (TPSA) is 68.9 Å². The van der Waals surface area contributed by atoms with Crippen LogP contribution >= 0.6 is 0 Å². The molecule has 6 nitrogen and oxygen atoms in total. The molecular weight excluding hydrogens is 431 g/mol. The summed E-state index contributed by atoms with van der Waals surface area (Å²) < 4.78 is 17.4. The maximum absolute atomic E-state index is 14.4. The third-order valence-corrected chi connectivity index (χ3v) is 5.96. The fraction of sp³-hybridized carbons (Fsp3) is 0.148. The highest BCUT2D eigenvalue weighted by molar-refractivity contribution is 6.07. The number of carbonyl (C=O) groups is 1. The van der Waals surface area contributed by atoms with Crippen LogP contribution in [-0.2, 0) is 24.4 Å². The Balaban J connectivity index is 1.49. The van der Waals surface area contributed by atoms with Crippen LogP contribution in [-0.4, -0.2) is 20.3 Å². The third-order valence-electron chi connectivity index (χ3n) is 5.96. The van der Waals surface area contributed by atoms with E-state index in [1.54, 1.807) is 29.0 Å². The molecule has 0 radical (unpaired) electrons. The molecule has 0 saturated carbocycles. The molecule has 5 aromatic rings. The Kier molecular flexibility index (Phi) is 5.67. The van der Waals surface area contributed by atoms with Crippen LogP contribution in [0.15, 0.2) is 83.8 Å². The zero-order chi connectivity index (χ0) is 23.7. The van der Waals surface area contributed by atoms with Gasteiger partial charge in [0, 0.05) is 28.4 Å². The van der Waals surface area contributed by atoms with Gasteiger partial charge in [-0.05, 0) is 24.6 Å². The van der Waals surface area contributed by atoms with Gasteiger partial charge in [-0.3, -0.25) is 9.59 Å². The smallest absolute Gasteiger partial charge is 0.291 e. The first-order valence-electron chi connectivity index (χ1n) is 11.0. The number of aryl methyl sites for hydroxylation is 1. The molecule has 170 valence electrons.